The van der Waals surface area contributed by atoms with Crippen molar-refractivity contribution in [2.75, 3.05) is 24.7 Å². The molecule has 0 saturated heterocycles. The molecule has 3 heteroatoms. The maximum absolute atomic E-state index is 6.93. The van der Waals surface area contributed by atoms with E-state index in [9.17, 15) is 0 Å². The lowest BCUT2D eigenvalue weighted by molar-refractivity contribution is 0.515. The predicted octanol–water partition coefficient (Wildman–Crippen LogP) is 8.02. The second-order valence-corrected chi connectivity index (χ2v) is 10.3. The van der Waals surface area contributed by atoms with E-state index in [2.05, 4.69) is 92.9 Å². The molecule has 0 atom stereocenters. The van der Waals surface area contributed by atoms with Crippen LogP contribution >= 0.6 is 11.6 Å². The Bertz CT molecular complexity index is 982. The molecule has 0 amide bonds. The molecular formula is C28H37ClN2. The molecule has 0 bridgehead atoms. The first kappa shape index (κ1) is 23.5. The third-order valence-electron chi connectivity index (χ3n) is 6.65. The van der Waals surface area contributed by atoms with E-state index in [1.807, 2.05) is 14.1 Å². The number of benzene rings is 2. The summed E-state index contributed by atoms with van der Waals surface area (Å²) in [6.07, 6.45) is 6.42. The minimum Gasteiger partial charge on any atom is -0.388 e. The molecule has 2 aromatic rings. The van der Waals surface area contributed by atoms with Crippen LogP contribution in [0.3, 0.4) is 0 Å². The lowest BCUT2D eigenvalue weighted by Crippen LogP contribution is -2.19. The third-order valence-corrected chi connectivity index (χ3v) is 7.16. The maximum Gasteiger partial charge on any atom is 0.0427 e. The summed E-state index contributed by atoms with van der Waals surface area (Å²) in [5.41, 5.74) is 7.84. The first-order chi connectivity index (χ1) is 14.7. The van der Waals surface area contributed by atoms with Crippen molar-refractivity contribution >= 4 is 23.0 Å². The molecule has 0 spiro atoms. The minimum atomic E-state index is 0.0233. The van der Waals surface area contributed by atoms with Crippen LogP contribution in [-0.2, 0) is 10.8 Å². The summed E-state index contributed by atoms with van der Waals surface area (Å²) in [5, 5.41) is 7.67. The highest BCUT2D eigenvalue weighted by Crippen LogP contribution is 2.44. The normalized spacial score (nSPS) is 16.2. The van der Waals surface area contributed by atoms with Crippen LogP contribution in [-0.4, -0.2) is 14.1 Å². The summed E-state index contributed by atoms with van der Waals surface area (Å²) in [4.78, 5) is 0. The van der Waals surface area contributed by atoms with Crippen LogP contribution in [0.4, 0.5) is 11.4 Å². The number of hydrogen-bond donors (Lipinski definition) is 2. The van der Waals surface area contributed by atoms with Gasteiger partial charge in [0.1, 0.15) is 0 Å². The smallest absolute Gasteiger partial charge is 0.0427 e. The molecule has 0 saturated carbocycles. The molecule has 166 valence electrons. The van der Waals surface area contributed by atoms with E-state index in [0.717, 1.165) is 30.7 Å². The molecule has 0 aromatic heterocycles. The molecule has 1 aliphatic carbocycles. The molecule has 31 heavy (non-hydrogen) atoms. The largest absolute Gasteiger partial charge is 0.388 e. The summed E-state index contributed by atoms with van der Waals surface area (Å²) in [6.45, 7) is 9.26. The first-order valence-electron chi connectivity index (χ1n) is 11.3. The van der Waals surface area contributed by atoms with Crippen LogP contribution in [0, 0.1) is 0 Å². The van der Waals surface area contributed by atoms with E-state index in [-0.39, 0.29) is 10.8 Å². The van der Waals surface area contributed by atoms with Gasteiger partial charge >= 0.3 is 0 Å². The Morgan fingerprint density at radius 3 is 1.87 bits per heavy atom. The number of para-hydroxylation sites is 2. The Kier molecular flexibility index (Phi) is 7.21. The van der Waals surface area contributed by atoms with Crippen LogP contribution in [0.5, 0.6) is 0 Å². The van der Waals surface area contributed by atoms with Crippen molar-refractivity contribution in [1.29, 1.82) is 0 Å². The van der Waals surface area contributed by atoms with Gasteiger partial charge in [-0.1, -0.05) is 87.3 Å². The SMILES string of the molecule is CNc1ccccc1C(C)(C)C/C=C1\CCC(CC(C)(C)c2ccccc2NC)=C1Cl. The van der Waals surface area contributed by atoms with E-state index >= 15 is 0 Å². The molecule has 3 rings (SSSR count). The van der Waals surface area contributed by atoms with Gasteiger partial charge in [0, 0.05) is 30.5 Å². The van der Waals surface area contributed by atoms with Gasteiger partial charge in [-0.2, -0.15) is 0 Å². The summed E-state index contributed by atoms with van der Waals surface area (Å²) < 4.78 is 0. The summed E-state index contributed by atoms with van der Waals surface area (Å²) in [5.74, 6) is 0. The number of allylic oxidation sites excluding steroid dienone is 4. The number of hydrogen-bond acceptors (Lipinski definition) is 2. The Morgan fingerprint density at radius 2 is 1.32 bits per heavy atom. The van der Waals surface area contributed by atoms with Crippen LogP contribution < -0.4 is 10.6 Å². The fourth-order valence-corrected chi connectivity index (χ4v) is 5.12. The number of nitrogens with one attached hydrogen (secondary N) is 2. The molecule has 2 N–H and O–H groups in total. The Labute approximate surface area is 193 Å². The van der Waals surface area contributed by atoms with Crippen molar-refractivity contribution in [3.8, 4) is 0 Å². The first-order valence-corrected chi connectivity index (χ1v) is 11.7. The number of rotatable bonds is 8. The zero-order chi connectivity index (χ0) is 22.6. The fourth-order valence-electron chi connectivity index (χ4n) is 4.79. The lowest BCUT2D eigenvalue weighted by atomic mass is 9.78. The highest BCUT2D eigenvalue weighted by Gasteiger charge is 2.29. The van der Waals surface area contributed by atoms with Gasteiger partial charge in [0.05, 0.1) is 0 Å². The van der Waals surface area contributed by atoms with Gasteiger partial charge in [-0.15, -0.1) is 0 Å². The quantitative estimate of drug-likeness (QED) is 0.437. The Hall–Kier alpha value is -2.19. The molecular weight excluding hydrogens is 400 g/mol. The van der Waals surface area contributed by atoms with Crippen LogP contribution in [0.25, 0.3) is 0 Å². The summed E-state index contributed by atoms with van der Waals surface area (Å²) in [7, 11) is 3.98. The monoisotopic (exact) mass is 436 g/mol. The van der Waals surface area contributed by atoms with E-state index in [4.69, 9.17) is 11.6 Å². The molecule has 0 aliphatic heterocycles. The number of halogens is 1. The zero-order valence-corrected chi connectivity index (χ0v) is 20.7. The second-order valence-electron chi connectivity index (χ2n) is 9.89. The molecule has 0 fully saturated rings. The highest BCUT2D eigenvalue weighted by molar-refractivity contribution is 6.32. The van der Waals surface area contributed by atoms with Crippen LogP contribution in [0.1, 0.15) is 64.5 Å². The van der Waals surface area contributed by atoms with Gasteiger partial charge in [0.15, 0.2) is 0 Å². The molecule has 2 aromatic carbocycles. The van der Waals surface area contributed by atoms with E-state index in [1.165, 1.54) is 33.6 Å². The van der Waals surface area contributed by atoms with Crippen molar-refractivity contribution in [3.63, 3.8) is 0 Å². The standard InChI is InChI=1S/C28H37ClN2/c1-27(2,22-11-7-9-13-24(22)30-5)18-17-20-15-16-21(26(20)29)19-28(3,4)23-12-8-10-14-25(23)31-6/h7-14,17,30-31H,15-16,18-19H2,1-6H3/b20-17+. The van der Waals surface area contributed by atoms with E-state index in [0.29, 0.717) is 0 Å². The van der Waals surface area contributed by atoms with E-state index in [1.54, 1.807) is 0 Å². The molecule has 0 unspecified atom stereocenters. The van der Waals surface area contributed by atoms with Crippen molar-refractivity contribution in [3.05, 3.63) is 81.9 Å². The topological polar surface area (TPSA) is 24.1 Å². The van der Waals surface area contributed by atoms with Gasteiger partial charge in [-0.3, -0.25) is 0 Å². The average Bonchev–Trinajstić information content (AvgIpc) is 3.11. The van der Waals surface area contributed by atoms with Crippen LogP contribution in [0.15, 0.2) is 70.8 Å². The van der Waals surface area contributed by atoms with E-state index < -0.39 is 0 Å². The lowest BCUT2D eigenvalue weighted by Gasteiger charge is -2.28. The molecule has 0 radical (unpaired) electrons. The Morgan fingerprint density at radius 1 is 0.806 bits per heavy atom. The fraction of sp³-hybridized carbons (Fsp3) is 0.429. The minimum absolute atomic E-state index is 0.0233. The van der Waals surface area contributed by atoms with Crippen LogP contribution in [0.2, 0.25) is 0 Å². The zero-order valence-electron chi connectivity index (χ0n) is 19.9. The van der Waals surface area contributed by atoms with Gasteiger partial charge in [0.25, 0.3) is 0 Å². The Balaban J connectivity index is 1.79. The summed E-state index contributed by atoms with van der Waals surface area (Å²) >= 11 is 6.93. The van der Waals surface area contributed by atoms with Crippen molar-refractivity contribution in [2.24, 2.45) is 0 Å². The average molecular weight is 437 g/mol. The van der Waals surface area contributed by atoms with Gasteiger partial charge in [-0.25, -0.2) is 0 Å². The number of anilines is 2. The molecule has 0 heterocycles. The second kappa shape index (κ2) is 9.53. The van der Waals surface area contributed by atoms with Gasteiger partial charge in [-0.05, 0) is 65.3 Å². The predicted molar refractivity (Wildman–Crippen MR) is 137 cm³/mol. The van der Waals surface area contributed by atoms with Crippen molar-refractivity contribution in [2.45, 2.75) is 64.2 Å². The molecule has 2 nitrogen and oxygen atoms in total. The maximum atomic E-state index is 6.93. The van der Waals surface area contributed by atoms with Gasteiger partial charge in [0.2, 0.25) is 0 Å². The van der Waals surface area contributed by atoms with Crippen molar-refractivity contribution in [1.82, 2.24) is 0 Å². The third kappa shape index (κ3) is 5.18. The van der Waals surface area contributed by atoms with Crippen molar-refractivity contribution < 1.29 is 0 Å². The van der Waals surface area contributed by atoms with Gasteiger partial charge < -0.3 is 10.6 Å². The molecule has 1 aliphatic rings. The highest BCUT2D eigenvalue weighted by atomic mass is 35.5. The summed E-state index contributed by atoms with van der Waals surface area (Å²) in [6, 6.07) is 17.2.